The van der Waals surface area contributed by atoms with Gasteiger partial charge in [-0.05, 0) is 34.7 Å². The lowest BCUT2D eigenvalue weighted by Crippen LogP contribution is -2.04. The Hall–Kier alpha value is -1.91. The van der Waals surface area contributed by atoms with Gasteiger partial charge in [-0.1, -0.05) is 17.3 Å². The standard InChI is InChI=1S/C12H5F3IN3O2/c13-12(14,15)11-18-9(19-21-11)6-1-3-7(4-2-6)10-17-8(16)5-20-10/h1-5H. The first-order chi connectivity index (χ1) is 9.93. The number of nitrogens with zero attached hydrogens (tertiary/aromatic N) is 3. The molecule has 3 aromatic rings. The van der Waals surface area contributed by atoms with E-state index < -0.39 is 12.1 Å². The van der Waals surface area contributed by atoms with Crippen molar-refractivity contribution in [2.45, 2.75) is 6.18 Å². The number of benzene rings is 1. The SMILES string of the molecule is FC(F)(F)c1nc(-c2ccc(-c3nc(I)co3)cc2)no1. The number of rotatable bonds is 2. The highest BCUT2D eigenvalue weighted by molar-refractivity contribution is 14.1. The molecule has 0 unspecified atom stereocenters. The molecule has 0 fully saturated rings. The van der Waals surface area contributed by atoms with Gasteiger partial charge in [0.05, 0.1) is 0 Å². The van der Waals surface area contributed by atoms with Crippen molar-refractivity contribution in [3.8, 4) is 22.8 Å². The molecule has 0 aliphatic carbocycles. The lowest BCUT2D eigenvalue weighted by Gasteiger charge is -1.98. The minimum absolute atomic E-state index is 0.129. The second kappa shape index (κ2) is 5.13. The number of hydrogen-bond acceptors (Lipinski definition) is 5. The minimum Gasteiger partial charge on any atom is -0.443 e. The number of alkyl halides is 3. The normalized spacial score (nSPS) is 11.8. The molecule has 0 N–H and O–H groups in total. The van der Waals surface area contributed by atoms with Crippen molar-refractivity contribution in [3.05, 3.63) is 40.1 Å². The molecule has 0 atom stereocenters. The summed E-state index contributed by atoms with van der Waals surface area (Å²) in [5.74, 6) is -1.07. The third-order valence-electron chi connectivity index (χ3n) is 2.53. The molecule has 2 aromatic heterocycles. The first kappa shape index (κ1) is 14.0. The van der Waals surface area contributed by atoms with Gasteiger partial charge in [0.1, 0.15) is 9.96 Å². The lowest BCUT2D eigenvalue weighted by molar-refractivity contribution is -0.159. The number of aromatic nitrogens is 3. The maximum atomic E-state index is 12.4. The number of hydrogen-bond donors (Lipinski definition) is 0. The van der Waals surface area contributed by atoms with Crippen molar-refractivity contribution >= 4 is 22.6 Å². The highest BCUT2D eigenvalue weighted by Crippen LogP contribution is 2.30. The molecule has 0 bridgehead atoms. The smallest absolute Gasteiger partial charge is 0.443 e. The van der Waals surface area contributed by atoms with Crippen LogP contribution < -0.4 is 0 Å². The largest absolute Gasteiger partial charge is 0.471 e. The Balaban J connectivity index is 1.89. The van der Waals surface area contributed by atoms with E-state index in [1.165, 1.54) is 6.26 Å². The molecule has 0 saturated heterocycles. The third-order valence-corrected chi connectivity index (χ3v) is 3.03. The van der Waals surface area contributed by atoms with Gasteiger partial charge in [-0.25, -0.2) is 4.98 Å². The maximum Gasteiger partial charge on any atom is 0.471 e. The van der Waals surface area contributed by atoms with E-state index in [2.05, 4.69) is 19.6 Å². The summed E-state index contributed by atoms with van der Waals surface area (Å²) in [6.45, 7) is 0. The first-order valence-corrected chi connectivity index (χ1v) is 6.64. The lowest BCUT2D eigenvalue weighted by atomic mass is 10.1. The number of halogens is 4. The fraction of sp³-hybridized carbons (Fsp3) is 0.0833. The summed E-state index contributed by atoms with van der Waals surface area (Å²) in [6, 6.07) is 6.44. The molecule has 0 amide bonds. The van der Waals surface area contributed by atoms with Crippen LogP contribution >= 0.6 is 22.6 Å². The molecule has 0 aliphatic heterocycles. The summed E-state index contributed by atoms with van der Waals surface area (Å²) in [5, 5.41) is 3.31. The summed E-state index contributed by atoms with van der Waals surface area (Å²) in [4.78, 5) is 7.46. The summed E-state index contributed by atoms with van der Waals surface area (Å²) >= 11 is 2.01. The highest BCUT2D eigenvalue weighted by atomic mass is 127. The summed E-state index contributed by atoms with van der Waals surface area (Å²) in [5.41, 5.74) is 1.10. The van der Waals surface area contributed by atoms with E-state index in [-0.39, 0.29) is 5.82 Å². The van der Waals surface area contributed by atoms with Gasteiger partial charge in [0.15, 0.2) is 0 Å². The Morgan fingerprint density at radius 2 is 1.67 bits per heavy atom. The van der Waals surface area contributed by atoms with Crippen molar-refractivity contribution in [2.75, 3.05) is 0 Å². The average molecular weight is 407 g/mol. The molecule has 0 saturated carbocycles. The fourth-order valence-electron chi connectivity index (χ4n) is 1.60. The van der Waals surface area contributed by atoms with Gasteiger partial charge in [0, 0.05) is 11.1 Å². The fourth-order valence-corrected chi connectivity index (χ4v) is 1.95. The van der Waals surface area contributed by atoms with Gasteiger partial charge < -0.3 is 8.94 Å². The van der Waals surface area contributed by atoms with Crippen LogP contribution in [0.15, 0.2) is 39.5 Å². The van der Waals surface area contributed by atoms with E-state index in [9.17, 15) is 13.2 Å². The average Bonchev–Trinajstić information content (AvgIpc) is 3.07. The minimum atomic E-state index is -4.65. The summed E-state index contributed by atoms with van der Waals surface area (Å²) in [6.07, 6.45) is -3.15. The zero-order valence-corrected chi connectivity index (χ0v) is 12.2. The predicted octanol–water partition coefficient (Wildman–Crippen LogP) is 4.02. The van der Waals surface area contributed by atoms with Gasteiger partial charge in [0.25, 0.3) is 0 Å². The predicted molar refractivity (Wildman–Crippen MR) is 73.0 cm³/mol. The maximum absolute atomic E-state index is 12.4. The van der Waals surface area contributed by atoms with Gasteiger partial charge in [-0.2, -0.15) is 18.2 Å². The van der Waals surface area contributed by atoms with Gasteiger partial charge in [-0.15, -0.1) is 0 Å². The molecule has 2 heterocycles. The van der Waals surface area contributed by atoms with E-state index in [0.29, 0.717) is 20.7 Å². The Bertz CT molecular complexity index is 765. The Kier molecular flexibility index (Phi) is 3.43. The molecule has 21 heavy (non-hydrogen) atoms. The van der Waals surface area contributed by atoms with Crippen LogP contribution in [0, 0.1) is 3.70 Å². The van der Waals surface area contributed by atoms with Crippen LogP contribution in [0.4, 0.5) is 13.2 Å². The molecular weight excluding hydrogens is 402 g/mol. The first-order valence-electron chi connectivity index (χ1n) is 5.56. The van der Waals surface area contributed by atoms with Crippen LogP contribution in [0.3, 0.4) is 0 Å². The summed E-state index contributed by atoms with van der Waals surface area (Å²) in [7, 11) is 0. The second-order valence-electron chi connectivity index (χ2n) is 3.97. The molecule has 5 nitrogen and oxygen atoms in total. The quantitative estimate of drug-likeness (QED) is 0.601. The topological polar surface area (TPSA) is 65.0 Å². The van der Waals surface area contributed by atoms with E-state index in [1.807, 2.05) is 22.6 Å². The zero-order chi connectivity index (χ0) is 15.0. The van der Waals surface area contributed by atoms with Crippen LogP contribution in [-0.4, -0.2) is 15.1 Å². The molecule has 0 radical (unpaired) electrons. The van der Waals surface area contributed by atoms with Gasteiger partial charge >= 0.3 is 12.1 Å². The van der Waals surface area contributed by atoms with Gasteiger partial charge in [0.2, 0.25) is 11.7 Å². The monoisotopic (exact) mass is 407 g/mol. The number of oxazole rings is 1. The van der Waals surface area contributed by atoms with Crippen LogP contribution in [-0.2, 0) is 6.18 Å². The molecule has 108 valence electrons. The molecule has 3 rings (SSSR count). The van der Waals surface area contributed by atoms with Crippen molar-refractivity contribution in [2.24, 2.45) is 0 Å². The van der Waals surface area contributed by atoms with E-state index >= 15 is 0 Å². The Morgan fingerprint density at radius 1 is 1.00 bits per heavy atom. The van der Waals surface area contributed by atoms with E-state index in [1.54, 1.807) is 24.3 Å². The zero-order valence-electron chi connectivity index (χ0n) is 10.1. The van der Waals surface area contributed by atoms with E-state index in [0.717, 1.165) is 0 Å². The van der Waals surface area contributed by atoms with Crippen LogP contribution in [0.2, 0.25) is 0 Å². The molecule has 0 spiro atoms. The molecule has 0 aliphatic rings. The van der Waals surface area contributed by atoms with Crippen molar-refractivity contribution in [3.63, 3.8) is 0 Å². The molecule has 9 heteroatoms. The van der Waals surface area contributed by atoms with Crippen molar-refractivity contribution < 1.29 is 22.1 Å². The van der Waals surface area contributed by atoms with E-state index in [4.69, 9.17) is 4.42 Å². The van der Waals surface area contributed by atoms with Crippen LogP contribution in [0.25, 0.3) is 22.8 Å². The summed E-state index contributed by atoms with van der Waals surface area (Å²) < 4.78 is 47.3. The van der Waals surface area contributed by atoms with Crippen molar-refractivity contribution in [1.29, 1.82) is 0 Å². The van der Waals surface area contributed by atoms with Crippen LogP contribution in [0.1, 0.15) is 5.89 Å². The van der Waals surface area contributed by atoms with Gasteiger partial charge in [-0.3, -0.25) is 0 Å². The molecule has 1 aromatic carbocycles. The Morgan fingerprint density at radius 3 is 2.19 bits per heavy atom. The molecular formula is C12H5F3IN3O2. The highest BCUT2D eigenvalue weighted by Gasteiger charge is 2.38. The third kappa shape index (κ3) is 2.91. The van der Waals surface area contributed by atoms with Crippen LogP contribution in [0.5, 0.6) is 0 Å². The van der Waals surface area contributed by atoms with Crippen molar-refractivity contribution in [1.82, 2.24) is 15.1 Å². The second-order valence-corrected chi connectivity index (χ2v) is 5.08. The Labute approximate surface area is 129 Å².